The molecule has 1 amide bonds. The van der Waals surface area contributed by atoms with Crippen molar-refractivity contribution in [1.29, 1.82) is 0 Å². The number of carbonyl (C=O) groups is 1. The van der Waals surface area contributed by atoms with Gasteiger partial charge in [-0.25, -0.2) is 4.79 Å². The average molecular weight is 424 g/mol. The van der Waals surface area contributed by atoms with Gasteiger partial charge in [-0.1, -0.05) is 33.8 Å². The van der Waals surface area contributed by atoms with Gasteiger partial charge in [-0.3, -0.25) is 19.1 Å². The van der Waals surface area contributed by atoms with Gasteiger partial charge in [0.15, 0.2) is 5.69 Å². The van der Waals surface area contributed by atoms with Crippen LogP contribution in [0.2, 0.25) is 0 Å². The van der Waals surface area contributed by atoms with Gasteiger partial charge in [0.05, 0.1) is 0 Å². The molecule has 0 spiro atoms. The van der Waals surface area contributed by atoms with Gasteiger partial charge in [-0.15, -0.1) is 0 Å². The fourth-order valence-corrected chi connectivity index (χ4v) is 3.49. The van der Waals surface area contributed by atoms with Crippen molar-refractivity contribution in [3.05, 3.63) is 75.2 Å². The number of aromatic nitrogens is 3. The Kier molecular flexibility index (Phi) is 6.48. The monoisotopic (exact) mass is 423 g/mol. The molecule has 0 aliphatic carbocycles. The molecule has 0 saturated carbocycles. The van der Waals surface area contributed by atoms with Crippen molar-refractivity contribution in [2.24, 2.45) is 11.8 Å². The first-order chi connectivity index (χ1) is 14.7. The minimum absolute atomic E-state index is 0.00184. The molecule has 0 radical (unpaired) electrons. The number of nitrogens with two attached hydrogens (primary N) is 1. The first kappa shape index (κ1) is 22.1. The number of nitrogens with zero attached hydrogens (tertiary/aromatic N) is 3. The second-order valence-electron chi connectivity index (χ2n) is 8.45. The van der Waals surface area contributed by atoms with Gasteiger partial charge in [0.1, 0.15) is 5.82 Å². The Labute approximate surface area is 180 Å². The summed E-state index contributed by atoms with van der Waals surface area (Å²) >= 11 is 0. The topological polar surface area (TPSA) is 106 Å². The van der Waals surface area contributed by atoms with Crippen LogP contribution in [0.1, 0.15) is 38.1 Å². The highest BCUT2D eigenvalue weighted by molar-refractivity contribution is 6.07. The lowest BCUT2D eigenvalue weighted by atomic mass is 10.1. The van der Waals surface area contributed by atoms with Crippen molar-refractivity contribution in [3.63, 3.8) is 0 Å². The second kappa shape index (κ2) is 9.07. The number of nitrogen functional groups attached to an aromatic ring is 1. The third kappa shape index (κ3) is 4.79. The van der Waals surface area contributed by atoms with Crippen LogP contribution in [0.15, 0.2) is 58.4 Å². The summed E-state index contributed by atoms with van der Waals surface area (Å²) < 4.78 is 3.21. The number of H-pyrrole nitrogens is 1. The summed E-state index contributed by atoms with van der Waals surface area (Å²) in [5.74, 6) is -0.153. The Morgan fingerprint density at radius 1 is 1.06 bits per heavy atom. The third-order valence-corrected chi connectivity index (χ3v) is 4.82. The largest absolute Gasteiger partial charge is 0.383 e. The van der Waals surface area contributed by atoms with Crippen LogP contribution in [-0.2, 0) is 6.54 Å². The SMILES string of the molecule is CC(C)CN(C(=O)c1cccc(-n2cccc2)c1)c1c(N)n(CC(C)C)c(=O)[nH]c1=O. The zero-order valence-electron chi connectivity index (χ0n) is 18.3. The number of rotatable bonds is 7. The van der Waals surface area contributed by atoms with E-state index in [0.717, 1.165) is 5.69 Å². The number of benzene rings is 1. The van der Waals surface area contributed by atoms with Crippen molar-refractivity contribution >= 4 is 17.4 Å². The van der Waals surface area contributed by atoms with Crippen molar-refractivity contribution < 1.29 is 4.79 Å². The molecule has 0 unspecified atom stereocenters. The van der Waals surface area contributed by atoms with E-state index >= 15 is 0 Å². The molecule has 3 aromatic rings. The van der Waals surface area contributed by atoms with Crippen molar-refractivity contribution in [1.82, 2.24) is 14.1 Å². The van der Waals surface area contributed by atoms with E-state index < -0.39 is 11.2 Å². The molecule has 0 aliphatic rings. The summed E-state index contributed by atoms with van der Waals surface area (Å²) in [6, 6.07) is 11.0. The Hall–Kier alpha value is -3.55. The highest BCUT2D eigenvalue weighted by Crippen LogP contribution is 2.22. The van der Waals surface area contributed by atoms with Gasteiger partial charge >= 0.3 is 5.69 Å². The predicted molar refractivity (Wildman–Crippen MR) is 123 cm³/mol. The normalized spacial score (nSPS) is 11.3. The molecule has 31 heavy (non-hydrogen) atoms. The van der Waals surface area contributed by atoms with E-state index in [9.17, 15) is 14.4 Å². The first-order valence-corrected chi connectivity index (χ1v) is 10.4. The van der Waals surface area contributed by atoms with Crippen molar-refractivity contribution in [3.8, 4) is 5.69 Å². The van der Waals surface area contributed by atoms with Crippen LogP contribution >= 0.6 is 0 Å². The molecule has 2 heterocycles. The Morgan fingerprint density at radius 2 is 1.74 bits per heavy atom. The first-order valence-electron chi connectivity index (χ1n) is 10.4. The van der Waals surface area contributed by atoms with Gasteiger partial charge < -0.3 is 15.2 Å². The maximum atomic E-state index is 13.5. The molecule has 0 saturated heterocycles. The molecular weight excluding hydrogens is 394 g/mol. The summed E-state index contributed by atoms with van der Waals surface area (Å²) in [6.07, 6.45) is 3.78. The molecule has 0 aliphatic heterocycles. The van der Waals surface area contributed by atoms with Crippen LogP contribution in [0.3, 0.4) is 0 Å². The molecule has 0 fully saturated rings. The van der Waals surface area contributed by atoms with E-state index in [1.54, 1.807) is 18.2 Å². The van der Waals surface area contributed by atoms with Gasteiger partial charge in [0, 0.05) is 36.7 Å². The van der Waals surface area contributed by atoms with E-state index in [4.69, 9.17) is 5.73 Å². The van der Waals surface area contributed by atoms with Crippen LogP contribution in [0.25, 0.3) is 5.69 Å². The number of nitrogens with one attached hydrogen (secondary N) is 1. The number of amides is 1. The molecular formula is C23H29N5O3. The summed E-state index contributed by atoms with van der Waals surface area (Å²) in [5.41, 5.74) is 6.29. The van der Waals surface area contributed by atoms with E-state index in [1.165, 1.54) is 9.47 Å². The zero-order valence-corrected chi connectivity index (χ0v) is 18.3. The minimum Gasteiger partial charge on any atom is -0.383 e. The van der Waals surface area contributed by atoms with Crippen LogP contribution in [0.4, 0.5) is 11.5 Å². The zero-order chi connectivity index (χ0) is 22.7. The smallest absolute Gasteiger partial charge is 0.330 e. The van der Waals surface area contributed by atoms with Gasteiger partial charge in [0.25, 0.3) is 11.5 Å². The lowest BCUT2D eigenvalue weighted by Crippen LogP contribution is -2.43. The maximum Gasteiger partial charge on any atom is 0.330 e. The number of anilines is 2. The summed E-state index contributed by atoms with van der Waals surface area (Å²) in [7, 11) is 0. The van der Waals surface area contributed by atoms with Gasteiger partial charge in [-0.2, -0.15) is 0 Å². The molecule has 3 rings (SSSR count). The lowest BCUT2D eigenvalue weighted by Gasteiger charge is -2.26. The standard InChI is InChI=1S/C23H29N5O3/c1-15(2)13-27(19-20(24)28(14-16(3)4)23(31)25-21(19)29)22(30)17-8-7-9-18(12-17)26-10-5-6-11-26/h5-12,15-16H,13-14,24H2,1-4H3,(H,25,29,31). The molecule has 1 aromatic carbocycles. The molecule has 8 nitrogen and oxygen atoms in total. The second-order valence-corrected chi connectivity index (χ2v) is 8.45. The van der Waals surface area contributed by atoms with Gasteiger partial charge in [0.2, 0.25) is 0 Å². The third-order valence-electron chi connectivity index (χ3n) is 4.82. The number of aromatic amines is 1. The summed E-state index contributed by atoms with van der Waals surface area (Å²) in [5, 5.41) is 0. The van der Waals surface area contributed by atoms with E-state index in [-0.39, 0.29) is 35.8 Å². The van der Waals surface area contributed by atoms with Crippen LogP contribution < -0.4 is 21.9 Å². The highest BCUT2D eigenvalue weighted by Gasteiger charge is 2.26. The minimum atomic E-state index is -0.668. The Morgan fingerprint density at radius 3 is 2.35 bits per heavy atom. The van der Waals surface area contributed by atoms with Crippen molar-refractivity contribution in [2.75, 3.05) is 17.2 Å². The van der Waals surface area contributed by atoms with E-state index in [1.807, 2.05) is 62.9 Å². The van der Waals surface area contributed by atoms with Crippen molar-refractivity contribution in [2.45, 2.75) is 34.2 Å². The predicted octanol–water partition coefficient (Wildman–Crippen LogP) is 2.87. The Balaban J connectivity index is 2.12. The summed E-state index contributed by atoms with van der Waals surface area (Å²) in [6.45, 7) is 8.40. The molecule has 0 bridgehead atoms. The Bertz CT molecular complexity index is 1170. The fourth-order valence-electron chi connectivity index (χ4n) is 3.49. The van der Waals surface area contributed by atoms with Crippen LogP contribution in [0.5, 0.6) is 0 Å². The lowest BCUT2D eigenvalue weighted by molar-refractivity contribution is 0.0983. The average Bonchev–Trinajstić information content (AvgIpc) is 3.24. The molecule has 2 aromatic heterocycles. The number of carbonyl (C=O) groups excluding carboxylic acids is 1. The molecule has 164 valence electrons. The molecule has 0 atom stereocenters. The fraction of sp³-hybridized carbons (Fsp3) is 0.348. The summed E-state index contributed by atoms with van der Waals surface area (Å²) in [4.78, 5) is 42.3. The number of hydrogen-bond acceptors (Lipinski definition) is 4. The van der Waals surface area contributed by atoms with Crippen LogP contribution in [0, 0.1) is 11.8 Å². The van der Waals surface area contributed by atoms with Gasteiger partial charge in [-0.05, 0) is 42.2 Å². The quantitative estimate of drug-likeness (QED) is 0.609. The van der Waals surface area contributed by atoms with E-state index in [0.29, 0.717) is 12.1 Å². The van der Waals surface area contributed by atoms with Crippen LogP contribution in [-0.4, -0.2) is 26.6 Å². The number of hydrogen-bond donors (Lipinski definition) is 2. The highest BCUT2D eigenvalue weighted by atomic mass is 16.2. The maximum absolute atomic E-state index is 13.5. The molecule has 8 heteroatoms. The van der Waals surface area contributed by atoms with E-state index in [2.05, 4.69) is 4.98 Å². The molecule has 3 N–H and O–H groups in total.